The van der Waals surface area contributed by atoms with Gasteiger partial charge in [0, 0.05) is 35.9 Å². The van der Waals surface area contributed by atoms with Crippen LogP contribution in [0.1, 0.15) is 15.9 Å². The van der Waals surface area contributed by atoms with Gasteiger partial charge in [-0.1, -0.05) is 18.2 Å². The summed E-state index contributed by atoms with van der Waals surface area (Å²) in [6.45, 7) is 0.364. The van der Waals surface area contributed by atoms with Crippen LogP contribution < -0.4 is 10.9 Å². The van der Waals surface area contributed by atoms with Crippen molar-refractivity contribution in [1.29, 1.82) is 0 Å². The molecule has 1 N–H and O–H groups in total. The van der Waals surface area contributed by atoms with Crippen molar-refractivity contribution in [2.45, 2.75) is 17.1 Å². The first-order chi connectivity index (χ1) is 13.3. The third-order valence-corrected chi connectivity index (χ3v) is 4.44. The van der Waals surface area contributed by atoms with E-state index in [4.69, 9.17) is 0 Å². The molecule has 2 heterocycles. The molecule has 0 aliphatic carbocycles. The molecule has 1 aromatic carbocycles. The van der Waals surface area contributed by atoms with E-state index in [0.29, 0.717) is 12.2 Å². The van der Waals surface area contributed by atoms with E-state index in [1.54, 1.807) is 42.6 Å². The molecule has 0 radical (unpaired) electrons. The maximum Gasteiger partial charge on any atom is 0.447 e. The second-order valence-corrected chi connectivity index (χ2v) is 6.78. The van der Waals surface area contributed by atoms with Gasteiger partial charge >= 0.3 is 5.51 Å². The summed E-state index contributed by atoms with van der Waals surface area (Å²) in [6, 6.07) is 14.2. The minimum Gasteiger partial charge on any atom is -0.322 e. The predicted molar refractivity (Wildman–Crippen MR) is 100 cm³/mol. The van der Waals surface area contributed by atoms with E-state index in [1.807, 2.05) is 0 Å². The molecule has 9 heteroatoms. The van der Waals surface area contributed by atoms with Crippen molar-refractivity contribution in [2.75, 3.05) is 5.32 Å². The Morgan fingerprint density at radius 2 is 1.82 bits per heavy atom. The van der Waals surface area contributed by atoms with E-state index in [9.17, 15) is 22.8 Å². The number of rotatable bonds is 5. The Morgan fingerprint density at radius 1 is 1.07 bits per heavy atom. The number of benzene rings is 1. The molecular formula is C19H14F3N3O2S. The van der Waals surface area contributed by atoms with Gasteiger partial charge in [-0.2, -0.15) is 13.2 Å². The monoisotopic (exact) mass is 405 g/mol. The minimum absolute atomic E-state index is 0.133. The van der Waals surface area contributed by atoms with Gasteiger partial charge in [-0.05, 0) is 35.9 Å². The third kappa shape index (κ3) is 5.23. The van der Waals surface area contributed by atoms with Gasteiger partial charge in [0.2, 0.25) is 0 Å². The summed E-state index contributed by atoms with van der Waals surface area (Å²) in [7, 11) is 0. The zero-order valence-corrected chi connectivity index (χ0v) is 15.1. The quantitative estimate of drug-likeness (QED) is 0.648. The average Bonchev–Trinajstić information content (AvgIpc) is 2.64. The Morgan fingerprint density at radius 3 is 2.50 bits per heavy atom. The van der Waals surface area contributed by atoms with Crippen LogP contribution in [0.3, 0.4) is 0 Å². The molecule has 0 unspecified atom stereocenters. The number of hydrogen-bond donors (Lipinski definition) is 1. The van der Waals surface area contributed by atoms with Gasteiger partial charge in [0.1, 0.15) is 5.03 Å². The Bertz CT molecular complexity index is 1030. The van der Waals surface area contributed by atoms with Crippen molar-refractivity contribution in [3.05, 3.63) is 88.5 Å². The predicted octanol–water partition coefficient (Wildman–Crippen LogP) is 4.16. The summed E-state index contributed by atoms with van der Waals surface area (Å²) in [6.07, 6.45) is 2.87. The van der Waals surface area contributed by atoms with Crippen LogP contribution >= 0.6 is 11.8 Å². The number of halogens is 3. The molecule has 0 aliphatic heterocycles. The molecule has 0 aliphatic rings. The van der Waals surface area contributed by atoms with Crippen molar-refractivity contribution in [3.63, 3.8) is 0 Å². The van der Waals surface area contributed by atoms with E-state index in [-0.39, 0.29) is 11.1 Å². The summed E-state index contributed by atoms with van der Waals surface area (Å²) in [5, 5.41) is 2.15. The minimum atomic E-state index is -4.54. The maximum atomic E-state index is 12.6. The molecule has 28 heavy (non-hydrogen) atoms. The Balaban J connectivity index is 1.72. The van der Waals surface area contributed by atoms with Crippen molar-refractivity contribution < 1.29 is 18.0 Å². The van der Waals surface area contributed by atoms with Gasteiger partial charge in [-0.25, -0.2) is 4.98 Å². The molecule has 3 aromatic rings. The summed E-state index contributed by atoms with van der Waals surface area (Å²) in [4.78, 5) is 27.8. The van der Waals surface area contributed by atoms with Gasteiger partial charge in [0.05, 0.1) is 12.1 Å². The summed E-state index contributed by atoms with van der Waals surface area (Å²) in [5.41, 5.74) is -3.58. The van der Waals surface area contributed by atoms with E-state index in [2.05, 4.69) is 10.3 Å². The summed E-state index contributed by atoms with van der Waals surface area (Å²) < 4.78 is 39.4. The number of hydrogen-bond acceptors (Lipinski definition) is 4. The highest BCUT2D eigenvalue weighted by atomic mass is 32.2. The fraction of sp³-hybridized carbons (Fsp3) is 0.105. The fourth-order valence-corrected chi connectivity index (χ4v) is 3.04. The highest BCUT2D eigenvalue weighted by Gasteiger charge is 2.32. The number of aromatic nitrogens is 2. The second-order valence-electron chi connectivity index (χ2n) is 5.72. The number of nitrogens with zero attached hydrogens (tertiary/aromatic N) is 2. The molecule has 1 amide bonds. The summed E-state index contributed by atoms with van der Waals surface area (Å²) >= 11 is -0.433. The van der Waals surface area contributed by atoms with Crippen LogP contribution in [0.25, 0.3) is 0 Å². The number of amides is 1. The first-order valence-electron chi connectivity index (χ1n) is 8.08. The SMILES string of the molecule is O=C(Nc1ccc(Cn2ccccc2=O)cc1)c1cccnc1SC(F)(F)F. The van der Waals surface area contributed by atoms with Crippen molar-refractivity contribution >= 4 is 23.4 Å². The third-order valence-electron chi connectivity index (χ3n) is 3.69. The Kier molecular flexibility index (Phi) is 5.84. The Hall–Kier alpha value is -3.07. The van der Waals surface area contributed by atoms with Crippen LogP contribution in [-0.4, -0.2) is 21.0 Å². The first kappa shape index (κ1) is 19.7. The fourth-order valence-electron chi connectivity index (χ4n) is 2.43. The normalized spacial score (nSPS) is 11.2. The molecule has 3 rings (SSSR count). The molecule has 2 aromatic heterocycles. The van der Waals surface area contributed by atoms with Gasteiger partial charge < -0.3 is 9.88 Å². The highest BCUT2D eigenvalue weighted by Crippen LogP contribution is 2.37. The largest absolute Gasteiger partial charge is 0.447 e. The number of thioether (sulfide) groups is 1. The van der Waals surface area contributed by atoms with Gasteiger partial charge in [0.15, 0.2) is 0 Å². The molecule has 5 nitrogen and oxygen atoms in total. The van der Waals surface area contributed by atoms with Gasteiger partial charge in [0.25, 0.3) is 11.5 Å². The molecule has 144 valence electrons. The lowest BCUT2D eigenvalue weighted by Crippen LogP contribution is -2.18. The number of nitrogens with one attached hydrogen (secondary N) is 1. The number of carbonyl (C=O) groups is 1. The van der Waals surface area contributed by atoms with Crippen LogP contribution in [0.4, 0.5) is 18.9 Å². The molecule has 0 fully saturated rings. The molecule has 0 atom stereocenters. The lowest BCUT2D eigenvalue weighted by atomic mass is 10.2. The first-order valence-corrected chi connectivity index (χ1v) is 8.90. The van der Waals surface area contributed by atoms with Crippen molar-refractivity contribution in [2.24, 2.45) is 0 Å². The number of alkyl halides is 3. The number of pyridine rings is 2. The van der Waals surface area contributed by atoms with Gasteiger partial charge in [-0.15, -0.1) is 0 Å². The van der Waals surface area contributed by atoms with Crippen LogP contribution in [-0.2, 0) is 6.54 Å². The zero-order chi connectivity index (χ0) is 20.1. The van der Waals surface area contributed by atoms with E-state index < -0.39 is 28.2 Å². The van der Waals surface area contributed by atoms with Crippen molar-refractivity contribution in [1.82, 2.24) is 9.55 Å². The highest BCUT2D eigenvalue weighted by molar-refractivity contribution is 8.00. The molecule has 0 spiro atoms. The smallest absolute Gasteiger partial charge is 0.322 e. The molecule has 0 saturated heterocycles. The molecular weight excluding hydrogens is 391 g/mol. The maximum absolute atomic E-state index is 12.6. The Labute approximate surface area is 162 Å². The topological polar surface area (TPSA) is 64.0 Å². The van der Waals surface area contributed by atoms with Crippen LogP contribution in [0.5, 0.6) is 0 Å². The average molecular weight is 405 g/mol. The lowest BCUT2D eigenvalue weighted by Gasteiger charge is -2.11. The van der Waals surface area contributed by atoms with Crippen LogP contribution in [0.2, 0.25) is 0 Å². The zero-order valence-electron chi connectivity index (χ0n) is 14.3. The lowest BCUT2D eigenvalue weighted by molar-refractivity contribution is -0.0329. The van der Waals surface area contributed by atoms with Crippen molar-refractivity contribution in [3.8, 4) is 0 Å². The second kappa shape index (κ2) is 8.30. The van der Waals surface area contributed by atoms with Crippen LogP contribution in [0.15, 0.2) is 76.8 Å². The standard InChI is InChI=1S/C19H14F3N3O2S/c20-19(21,22)28-18-15(4-3-10-23-18)17(27)24-14-8-6-13(7-9-14)12-25-11-2-1-5-16(25)26/h1-11H,12H2,(H,24,27). The van der Waals surface area contributed by atoms with Gasteiger partial charge in [-0.3, -0.25) is 9.59 Å². The van der Waals surface area contributed by atoms with Crippen LogP contribution in [0, 0.1) is 0 Å². The number of carbonyl (C=O) groups excluding carboxylic acids is 1. The molecule has 0 saturated carbocycles. The molecule has 0 bridgehead atoms. The van der Waals surface area contributed by atoms with E-state index >= 15 is 0 Å². The summed E-state index contributed by atoms with van der Waals surface area (Å²) in [5.74, 6) is -0.688. The van der Waals surface area contributed by atoms with E-state index in [0.717, 1.165) is 5.56 Å². The number of anilines is 1. The van der Waals surface area contributed by atoms with E-state index in [1.165, 1.54) is 29.0 Å².